The fourth-order valence-corrected chi connectivity index (χ4v) is 3.85. The molecular weight excluding hydrogens is 474 g/mol. The molecule has 0 saturated carbocycles. The first-order valence-electron chi connectivity index (χ1n) is 9.96. The first kappa shape index (κ1) is 23.1. The Bertz CT molecular complexity index is 1180. The lowest BCUT2D eigenvalue weighted by molar-refractivity contribution is -0.137. The van der Waals surface area contributed by atoms with Gasteiger partial charge in [-0.1, -0.05) is 35.3 Å². The molecule has 0 spiro atoms. The zero-order valence-electron chi connectivity index (χ0n) is 17.4. The van der Waals surface area contributed by atoms with Gasteiger partial charge in [0.2, 0.25) is 0 Å². The minimum absolute atomic E-state index is 0.261. The van der Waals surface area contributed by atoms with Crippen molar-refractivity contribution in [2.45, 2.75) is 18.6 Å². The number of amides is 1. The van der Waals surface area contributed by atoms with Crippen LogP contribution in [0.3, 0.4) is 0 Å². The molecule has 0 aromatic heterocycles. The van der Waals surface area contributed by atoms with Gasteiger partial charge in [0.1, 0.15) is 5.71 Å². The fourth-order valence-electron chi connectivity index (χ4n) is 3.60. The van der Waals surface area contributed by atoms with Gasteiger partial charge < -0.3 is 4.90 Å². The van der Waals surface area contributed by atoms with Gasteiger partial charge in [-0.15, -0.1) is 0 Å². The predicted molar refractivity (Wildman–Crippen MR) is 125 cm³/mol. The average Bonchev–Trinajstić information content (AvgIpc) is 3.24. The molecule has 1 aliphatic rings. The van der Waals surface area contributed by atoms with Crippen molar-refractivity contribution in [1.82, 2.24) is 0 Å². The lowest BCUT2D eigenvalue weighted by Crippen LogP contribution is -2.32. The van der Waals surface area contributed by atoms with E-state index in [1.54, 1.807) is 29.3 Å². The normalized spacial score (nSPS) is 16.0. The van der Waals surface area contributed by atoms with Gasteiger partial charge in [-0.2, -0.15) is 18.3 Å². The number of carbonyl (C=O) groups is 1. The van der Waals surface area contributed by atoms with Gasteiger partial charge in [0.15, 0.2) is 0 Å². The third-order valence-corrected chi connectivity index (χ3v) is 5.89. The molecule has 0 bridgehead atoms. The highest BCUT2D eigenvalue weighted by Crippen LogP contribution is 2.37. The first-order valence-corrected chi connectivity index (χ1v) is 10.7. The smallest absolute Gasteiger partial charge is 0.310 e. The average molecular weight is 492 g/mol. The van der Waals surface area contributed by atoms with E-state index in [1.807, 2.05) is 24.3 Å². The van der Waals surface area contributed by atoms with Crippen molar-refractivity contribution >= 4 is 46.2 Å². The van der Waals surface area contributed by atoms with E-state index < -0.39 is 17.6 Å². The maximum Gasteiger partial charge on any atom is 0.416 e. The summed E-state index contributed by atoms with van der Waals surface area (Å²) in [6.45, 7) is 0. The summed E-state index contributed by atoms with van der Waals surface area (Å²) in [7, 11) is 1.51. The van der Waals surface area contributed by atoms with Crippen LogP contribution in [0.5, 0.6) is 0 Å². The Morgan fingerprint density at radius 1 is 0.939 bits per heavy atom. The van der Waals surface area contributed by atoms with Gasteiger partial charge in [0.25, 0.3) is 5.91 Å². The summed E-state index contributed by atoms with van der Waals surface area (Å²) in [5.41, 5.74) is 1.51. The second kappa shape index (κ2) is 9.08. The van der Waals surface area contributed by atoms with Gasteiger partial charge in [0.05, 0.1) is 17.3 Å². The Morgan fingerprint density at radius 2 is 1.48 bits per heavy atom. The minimum Gasteiger partial charge on any atom is -0.310 e. The van der Waals surface area contributed by atoms with E-state index in [4.69, 9.17) is 23.2 Å². The zero-order chi connectivity index (χ0) is 23.8. The Kier molecular flexibility index (Phi) is 6.36. The Labute approximate surface area is 198 Å². The number of hydrogen-bond donors (Lipinski definition) is 0. The van der Waals surface area contributed by atoms with E-state index in [0.717, 1.165) is 23.4 Å². The Balaban J connectivity index is 1.63. The van der Waals surface area contributed by atoms with E-state index in [-0.39, 0.29) is 11.8 Å². The van der Waals surface area contributed by atoms with Crippen LogP contribution in [-0.4, -0.2) is 18.7 Å². The second-order valence-electron chi connectivity index (χ2n) is 7.55. The highest BCUT2D eigenvalue weighted by molar-refractivity contribution is 6.44. The molecule has 4 nitrogen and oxygen atoms in total. The van der Waals surface area contributed by atoms with Crippen LogP contribution in [0.15, 0.2) is 77.9 Å². The molecule has 1 atom stereocenters. The number of alkyl halides is 3. The van der Waals surface area contributed by atoms with Gasteiger partial charge >= 0.3 is 6.18 Å². The van der Waals surface area contributed by atoms with Crippen LogP contribution in [0.1, 0.15) is 23.6 Å². The third kappa shape index (κ3) is 4.99. The van der Waals surface area contributed by atoms with Crippen molar-refractivity contribution < 1.29 is 18.0 Å². The standard InChI is InChI=1S/C24H18Cl2F3N3O/c1-31(19-10-4-16(5-11-19)24(27,28)29)23(33)21-14-22(15-2-6-17(25)7-3-15)32(30-21)20-12-8-18(26)9-13-20/h2-13,22H,14H2,1H3. The van der Waals surface area contributed by atoms with Crippen LogP contribution in [0.4, 0.5) is 24.5 Å². The lowest BCUT2D eigenvalue weighted by Gasteiger charge is -2.24. The predicted octanol–water partition coefficient (Wildman–Crippen LogP) is 6.98. The Hall–Kier alpha value is -3.03. The van der Waals surface area contributed by atoms with Crippen molar-refractivity contribution in [3.63, 3.8) is 0 Å². The summed E-state index contributed by atoms with van der Waals surface area (Å²) in [6, 6.07) is 18.5. The zero-order valence-corrected chi connectivity index (χ0v) is 18.9. The third-order valence-electron chi connectivity index (χ3n) is 5.39. The molecular formula is C24H18Cl2F3N3O. The van der Waals surface area contributed by atoms with Crippen LogP contribution >= 0.6 is 23.2 Å². The summed E-state index contributed by atoms with van der Waals surface area (Å²) >= 11 is 12.0. The molecule has 0 aliphatic carbocycles. The molecule has 0 radical (unpaired) electrons. The molecule has 3 aromatic carbocycles. The molecule has 0 saturated heterocycles. The lowest BCUT2D eigenvalue weighted by atomic mass is 10.0. The maximum absolute atomic E-state index is 13.2. The summed E-state index contributed by atoms with van der Waals surface area (Å²) in [4.78, 5) is 14.5. The van der Waals surface area contributed by atoms with Crippen LogP contribution in [-0.2, 0) is 11.0 Å². The van der Waals surface area contributed by atoms with E-state index in [2.05, 4.69) is 5.10 Å². The number of hydrazone groups is 1. The van der Waals surface area contributed by atoms with Crippen molar-refractivity contribution in [3.05, 3.63) is 94.0 Å². The summed E-state index contributed by atoms with van der Waals surface area (Å²) < 4.78 is 38.6. The van der Waals surface area contributed by atoms with Crippen molar-refractivity contribution in [2.75, 3.05) is 17.0 Å². The molecule has 3 aromatic rings. The van der Waals surface area contributed by atoms with Crippen LogP contribution in [0.2, 0.25) is 10.0 Å². The van der Waals surface area contributed by atoms with Crippen LogP contribution in [0, 0.1) is 0 Å². The largest absolute Gasteiger partial charge is 0.416 e. The molecule has 0 N–H and O–H groups in total. The molecule has 1 unspecified atom stereocenters. The summed E-state index contributed by atoms with van der Waals surface area (Å²) in [6.07, 6.45) is -4.13. The highest BCUT2D eigenvalue weighted by Gasteiger charge is 2.34. The molecule has 33 heavy (non-hydrogen) atoms. The van der Waals surface area contributed by atoms with E-state index >= 15 is 0 Å². The minimum atomic E-state index is -4.44. The number of carbonyl (C=O) groups excluding carboxylic acids is 1. The number of nitrogens with zero attached hydrogens (tertiary/aromatic N) is 3. The molecule has 1 heterocycles. The van der Waals surface area contributed by atoms with E-state index in [1.165, 1.54) is 24.1 Å². The van der Waals surface area contributed by atoms with Crippen molar-refractivity contribution in [1.29, 1.82) is 0 Å². The molecule has 0 fully saturated rings. The van der Waals surface area contributed by atoms with E-state index in [9.17, 15) is 18.0 Å². The second-order valence-corrected chi connectivity index (χ2v) is 8.42. The number of rotatable bonds is 4. The monoisotopic (exact) mass is 491 g/mol. The topological polar surface area (TPSA) is 35.9 Å². The maximum atomic E-state index is 13.2. The van der Waals surface area contributed by atoms with Gasteiger partial charge in [-0.3, -0.25) is 9.80 Å². The molecule has 9 heteroatoms. The quantitative estimate of drug-likeness (QED) is 0.394. The van der Waals surface area contributed by atoms with Crippen molar-refractivity contribution in [2.24, 2.45) is 5.10 Å². The SMILES string of the molecule is CN(C(=O)C1=NN(c2ccc(Cl)cc2)C(c2ccc(Cl)cc2)C1)c1ccc(C(F)(F)F)cc1. The number of hydrogen-bond acceptors (Lipinski definition) is 3. The first-order chi connectivity index (χ1) is 15.6. The number of benzene rings is 3. The van der Waals surface area contributed by atoms with Gasteiger partial charge in [0, 0.05) is 29.2 Å². The summed E-state index contributed by atoms with van der Waals surface area (Å²) in [5, 5.41) is 7.48. The van der Waals surface area contributed by atoms with Gasteiger partial charge in [-0.25, -0.2) is 0 Å². The fraction of sp³-hybridized carbons (Fsp3) is 0.167. The van der Waals surface area contributed by atoms with Crippen molar-refractivity contribution in [3.8, 4) is 0 Å². The Morgan fingerprint density at radius 3 is 2.03 bits per heavy atom. The van der Waals surface area contributed by atoms with E-state index in [0.29, 0.717) is 22.2 Å². The molecule has 1 aliphatic heterocycles. The number of anilines is 2. The molecule has 1 amide bonds. The van der Waals surface area contributed by atoms with Gasteiger partial charge in [-0.05, 0) is 66.2 Å². The summed E-state index contributed by atoms with van der Waals surface area (Å²) in [5.74, 6) is -0.398. The van der Waals surface area contributed by atoms with Crippen LogP contribution < -0.4 is 9.91 Å². The molecule has 170 valence electrons. The number of halogens is 5. The molecule has 4 rings (SSSR count). The van der Waals surface area contributed by atoms with Crippen LogP contribution in [0.25, 0.3) is 0 Å². The highest BCUT2D eigenvalue weighted by atomic mass is 35.5.